The van der Waals surface area contributed by atoms with E-state index in [0.717, 1.165) is 34.9 Å². The summed E-state index contributed by atoms with van der Waals surface area (Å²) in [4.78, 5) is 6.59. The van der Waals surface area contributed by atoms with Crippen LogP contribution in [-0.4, -0.2) is 33.0 Å². The van der Waals surface area contributed by atoms with Gasteiger partial charge < -0.3 is 14.8 Å². The van der Waals surface area contributed by atoms with Crippen LogP contribution in [0, 0.1) is 0 Å². The molecule has 2 unspecified atom stereocenters. The molecule has 1 saturated heterocycles. The normalized spacial score (nSPS) is 20.2. The summed E-state index contributed by atoms with van der Waals surface area (Å²) in [7, 11) is 0. The predicted molar refractivity (Wildman–Crippen MR) is 107 cm³/mol. The largest absolute Gasteiger partial charge is 0.438 e. The number of oxime groups is 1. The average Bonchev–Trinajstić information content (AvgIpc) is 3.03. The van der Waals surface area contributed by atoms with Gasteiger partial charge in [0.05, 0.1) is 0 Å². The third kappa shape index (κ3) is 3.33. The predicted octanol–water partition coefficient (Wildman–Crippen LogP) is 5.04. The molecule has 5 heteroatoms. The first-order valence-corrected chi connectivity index (χ1v) is 9.30. The van der Waals surface area contributed by atoms with Gasteiger partial charge in [0, 0.05) is 35.3 Å². The van der Waals surface area contributed by atoms with Gasteiger partial charge in [0.25, 0.3) is 0 Å². The number of nitrogens with zero attached hydrogens (tertiary/aromatic N) is 3. The molecule has 1 aliphatic heterocycles. The fourth-order valence-electron chi connectivity index (χ4n) is 3.84. The molecule has 0 bridgehead atoms. The number of fused-ring (bicyclic) bond motifs is 1. The monoisotopic (exact) mass is 361 g/mol. The standard InChI is InChI=1S/C22H23N3O2/c1-15-10-11-16(2)25(15)22(24-26)18-12-13-21(23-14-18)27-20-9-5-7-17-6-3-4-8-19(17)20/h3-9,12-16,26H,10-11H2,1-2H3/b24-22-. The van der Waals surface area contributed by atoms with E-state index in [1.807, 2.05) is 42.5 Å². The Balaban J connectivity index is 1.59. The summed E-state index contributed by atoms with van der Waals surface area (Å²) in [6, 6.07) is 18.4. The van der Waals surface area contributed by atoms with Gasteiger partial charge in [0.1, 0.15) is 5.75 Å². The first-order valence-electron chi connectivity index (χ1n) is 9.30. The lowest BCUT2D eigenvalue weighted by atomic mass is 10.1. The van der Waals surface area contributed by atoms with Crippen molar-refractivity contribution in [3.8, 4) is 11.6 Å². The van der Waals surface area contributed by atoms with Crippen LogP contribution in [0.15, 0.2) is 65.9 Å². The molecular formula is C22H23N3O2. The second-order valence-electron chi connectivity index (χ2n) is 7.07. The highest BCUT2D eigenvalue weighted by Crippen LogP contribution is 2.30. The van der Waals surface area contributed by atoms with Gasteiger partial charge in [-0.15, -0.1) is 0 Å². The van der Waals surface area contributed by atoms with Crippen LogP contribution in [0.2, 0.25) is 0 Å². The van der Waals surface area contributed by atoms with E-state index in [1.54, 1.807) is 6.20 Å². The Morgan fingerprint density at radius 1 is 1.04 bits per heavy atom. The van der Waals surface area contributed by atoms with Crippen molar-refractivity contribution in [1.82, 2.24) is 9.88 Å². The molecule has 2 atom stereocenters. The highest BCUT2D eigenvalue weighted by atomic mass is 16.5. The number of pyridine rings is 1. The smallest absolute Gasteiger partial charge is 0.219 e. The number of aromatic nitrogens is 1. The number of hydrogen-bond acceptors (Lipinski definition) is 4. The molecule has 5 nitrogen and oxygen atoms in total. The van der Waals surface area contributed by atoms with Crippen molar-refractivity contribution >= 4 is 16.6 Å². The van der Waals surface area contributed by atoms with E-state index in [2.05, 4.69) is 41.0 Å². The highest BCUT2D eigenvalue weighted by Gasteiger charge is 2.31. The van der Waals surface area contributed by atoms with Crippen LogP contribution in [0.25, 0.3) is 10.8 Å². The average molecular weight is 361 g/mol. The van der Waals surface area contributed by atoms with Crippen LogP contribution in [0.5, 0.6) is 11.6 Å². The summed E-state index contributed by atoms with van der Waals surface area (Å²) < 4.78 is 6.00. The van der Waals surface area contributed by atoms with Crippen LogP contribution in [0.4, 0.5) is 0 Å². The minimum absolute atomic E-state index is 0.345. The van der Waals surface area contributed by atoms with Crippen LogP contribution in [-0.2, 0) is 0 Å². The van der Waals surface area contributed by atoms with Gasteiger partial charge in [-0.1, -0.05) is 41.6 Å². The van der Waals surface area contributed by atoms with Crippen molar-refractivity contribution in [2.75, 3.05) is 0 Å². The number of amidine groups is 1. The van der Waals surface area contributed by atoms with Crippen molar-refractivity contribution in [3.05, 3.63) is 66.4 Å². The number of rotatable bonds is 3. The zero-order chi connectivity index (χ0) is 18.8. The molecule has 1 N–H and O–H groups in total. The number of benzene rings is 2. The zero-order valence-electron chi connectivity index (χ0n) is 15.5. The maximum absolute atomic E-state index is 9.59. The van der Waals surface area contributed by atoms with Gasteiger partial charge in [0.15, 0.2) is 5.84 Å². The molecule has 0 radical (unpaired) electrons. The van der Waals surface area contributed by atoms with Crippen molar-refractivity contribution < 1.29 is 9.94 Å². The van der Waals surface area contributed by atoms with E-state index in [-0.39, 0.29) is 0 Å². The van der Waals surface area contributed by atoms with Crippen LogP contribution < -0.4 is 4.74 Å². The Morgan fingerprint density at radius 2 is 1.78 bits per heavy atom. The first kappa shape index (κ1) is 17.3. The van der Waals surface area contributed by atoms with Gasteiger partial charge >= 0.3 is 0 Å². The highest BCUT2D eigenvalue weighted by molar-refractivity contribution is 5.98. The SMILES string of the molecule is CC1CCC(C)N1/C(=N\O)c1ccc(Oc2cccc3ccccc23)nc1. The Kier molecular flexibility index (Phi) is 4.67. The lowest BCUT2D eigenvalue weighted by Crippen LogP contribution is -2.39. The van der Waals surface area contributed by atoms with Gasteiger partial charge in [-0.3, -0.25) is 0 Å². The van der Waals surface area contributed by atoms with E-state index in [4.69, 9.17) is 4.74 Å². The van der Waals surface area contributed by atoms with Gasteiger partial charge in [-0.05, 0) is 44.2 Å². The summed E-state index contributed by atoms with van der Waals surface area (Å²) in [5.41, 5.74) is 0.781. The molecule has 0 aliphatic carbocycles. The molecule has 2 heterocycles. The maximum Gasteiger partial charge on any atom is 0.219 e. The topological polar surface area (TPSA) is 58.0 Å². The van der Waals surface area contributed by atoms with Crippen molar-refractivity contribution in [2.45, 2.75) is 38.8 Å². The molecule has 27 heavy (non-hydrogen) atoms. The summed E-state index contributed by atoms with van der Waals surface area (Å²) in [5, 5.41) is 15.3. The lowest BCUT2D eigenvalue weighted by molar-refractivity contribution is 0.283. The number of ether oxygens (including phenoxy) is 1. The maximum atomic E-state index is 9.59. The molecular weight excluding hydrogens is 338 g/mol. The van der Waals surface area contributed by atoms with Gasteiger partial charge in [0.2, 0.25) is 5.88 Å². The minimum Gasteiger partial charge on any atom is -0.438 e. The Morgan fingerprint density at radius 3 is 2.48 bits per heavy atom. The zero-order valence-corrected chi connectivity index (χ0v) is 15.5. The summed E-state index contributed by atoms with van der Waals surface area (Å²) in [6.07, 6.45) is 3.89. The summed E-state index contributed by atoms with van der Waals surface area (Å²) in [5.74, 6) is 1.85. The van der Waals surface area contributed by atoms with Crippen LogP contribution >= 0.6 is 0 Å². The number of likely N-dealkylation sites (tertiary alicyclic amines) is 1. The summed E-state index contributed by atoms with van der Waals surface area (Å²) in [6.45, 7) is 4.31. The molecule has 1 fully saturated rings. The second kappa shape index (κ2) is 7.27. The van der Waals surface area contributed by atoms with Gasteiger partial charge in [-0.2, -0.15) is 0 Å². The lowest BCUT2D eigenvalue weighted by Gasteiger charge is -2.28. The molecule has 0 amide bonds. The summed E-state index contributed by atoms with van der Waals surface area (Å²) >= 11 is 0. The van der Waals surface area contributed by atoms with E-state index in [9.17, 15) is 5.21 Å². The van der Waals surface area contributed by atoms with Gasteiger partial charge in [-0.25, -0.2) is 4.98 Å². The molecule has 1 aliphatic rings. The first-order chi connectivity index (χ1) is 13.2. The minimum atomic E-state index is 0.345. The van der Waals surface area contributed by atoms with E-state index in [1.165, 1.54) is 0 Å². The molecule has 4 rings (SSSR count). The molecule has 1 aromatic heterocycles. The molecule has 0 spiro atoms. The van der Waals surface area contributed by atoms with Crippen LogP contribution in [0.1, 0.15) is 32.3 Å². The number of hydrogen-bond donors (Lipinski definition) is 1. The fraction of sp³-hybridized carbons (Fsp3) is 0.273. The Bertz CT molecular complexity index is 953. The third-order valence-electron chi connectivity index (χ3n) is 5.25. The van der Waals surface area contributed by atoms with E-state index >= 15 is 0 Å². The third-order valence-corrected chi connectivity index (χ3v) is 5.25. The van der Waals surface area contributed by atoms with E-state index < -0.39 is 0 Å². The Hall–Kier alpha value is -3.08. The molecule has 138 valence electrons. The van der Waals surface area contributed by atoms with E-state index in [0.29, 0.717) is 23.8 Å². The van der Waals surface area contributed by atoms with Crippen molar-refractivity contribution in [3.63, 3.8) is 0 Å². The second-order valence-corrected chi connectivity index (χ2v) is 7.07. The quantitative estimate of drug-likeness (QED) is 0.307. The molecule has 3 aromatic rings. The Labute approximate surface area is 158 Å². The van der Waals surface area contributed by atoms with Crippen molar-refractivity contribution in [2.24, 2.45) is 5.16 Å². The molecule has 0 saturated carbocycles. The van der Waals surface area contributed by atoms with Crippen LogP contribution in [0.3, 0.4) is 0 Å². The van der Waals surface area contributed by atoms with Crippen molar-refractivity contribution in [1.29, 1.82) is 0 Å². The fourth-order valence-corrected chi connectivity index (χ4v) is 3.84. The molecule has 2 aromatic carbocycles.